The molecule has 0 bridgehead atoms. The summed E-state index contributed by atoms with van der Waals surface area (Å²) in [5.41, 5.74) is 5.23. The van der Waals surface area contributed by atoms with E-state index in [0.717, 1.165) is 0 Å². The van der Waals surface area contributed by atoms with E-state index in [4.69, 9.17) is 10.8 Å². The molecule has 1 saturated carbocycles. The maximum Gasteiger partial charge on any atom is 0.320 e. The van der Waals surface area contributed by atoms with Crippen molar-refractivity contribution < 1.29 is 14.7 Å². The van der Waals surface area contributed by atoms with Crippen LogP contribution in [-0.2, 0) is 9.59 Å². The zero-order valence-electron chi connectivity index (χ0n) is 5.41. The minimum atomic E-state index is -1.02. The van der Waals surface area contributed by atoms with Gasteiger partial charge in [-0.2, -0.15) is 0 Å². The molecule has 0 aromatic heterocycles. The number of carbonyl (C=O) groups is 2. The second-order valence-electron chi connectivity index (χ2n) is 2.57. The third kappa shape index (κ3) is 1.16. The summed E-state index contributed by atoms with van der Waals surface area (Å²) in [7, 11) is 0. The van der Waals surface area contributed by atoms with Crippen LogP contribution >= 0.6 is 0 Å². The van der Waals surface area contributed by atoms with Crippen molar-refractivity contribution in [2.45, 2.75) is 18.9 Å². The lowest BCUT2D eigenvalue weighted by Crippen LogP contribution is -2.44. The summed E-state index contributed by atoms with van der Waals surface area (Å²) >= 11 is 0. The van der Waals surface area contributed by atoms with Crippen molar-refractivity contribution in [2.24, 2.45) is 11.7 Å². The Hall–Kier alpha value is -0.900. The molecule has 0 saturated heterocycles. The zero-order valence-corrected chi connectivity index (χ0v) is 5.41. The molecule has 1 aliphatic rings. The van der Waals surface area contributed by atoms with E-state index in [-0.39, 0.29) is 11.7 Å². The Labute approximate surface area is 58.0 Å². The summed E-state index contributed by atoms with van der Waals surface area (Å²) in [4.78, 5) is 20.6. The van der Waals surface area contributed by atoms with Crippen LogP contribution in [0.3, 0.4) is 0 Å². The highest BCUT2D eigenvalue weighted by atomic mass is 16.4. The van der Waals surface area contributed by atoms with Crippen LogP contribution in [0, 0.1) is 5.92 Å². The molecule has 10 heavy (non-hydrogen) atoms. The smallest absolute Gasteiger partial charge is 0.320 e. The Balaban J connectivity index is 2.37. The predicted molar refractivity (Wildman–Crippen MR) is 33.3 cm³/mol. The Morgan fingerprint density at radius 1 is 1.70 bits per heavy atom. The van der Waals surface area contributed by atoms with Gasteiger partial charge in [-0.1, -0.05) is 0 Å². The van der Waals surface area contributed by atoms with Crippen molar-refractivity contribution in [1.29, 1.82) is 0 Å². The van der Waals surface area contributed by atoms with Crippen molar-refractivity contribution in [3.05, 3.63) is 0 Å². The molecule has 0 amide bonds. The van der Waals surface area contributed by atoms with Gasteiger partial charge in [0, 0.05) is 12.8 Å². The molecule has 4 heteroatoms. The summed E-state index contributed by atoms with van der Waals surface area (Å²) in [5.74, 6) is -1.02. The molecule has 0 spiro atoms. The number of ketones is 1. The van der Waals surface area contributed by atoms with E-state index < -0.39 is 12.0 Å². The van der Waals surface area contributed by atoms with Crippen molar-refractivity contribution in [1.82, 2.24) is 0 Å². The molecule has 1 rings (SSSR count). The number of hydrogen-bond acceptors (Lipinski definition) is 3. The van der Waals surface area contributed by atoms with Gasteiger partial charge in [-0.25, -0.2) is 0 Å². The number of aliphatic carboxylic acids is 1. The van der Waals surface area contributed by atoms with Crippen molar-refractivity contribution in [3.8, 4) is 0 Å². The summed E-state index contributed by atoms with van der Waals surface area (Å²) in [5, 5.41) is 8.37. The number of rotatable bonds is 2. The van der Waals surface area contributed by atoms with E-state index >= 15 is 0 Å². The topological polar surface area (TPSA) is 80.4 Å². The van der Waals surface area contributed by atoms with Gasteiger partial charge in [-0.3, -0.25) is 9.59 Å². The van der Waals surface area contributed by atoms with Gasteiger partial charge in [0.2, 0.25) is 0 Å². The lowest BCUT2D eigenvalue weighted by molar-refractivity contribution is -0.142. The van der Waals surface area contributed by atoms with Gasteiger partial charge < -0.3 is 10.8 Å². The minimum absolute atomic E-state index is 0.113. The fourth-order valence-electron chi connectivity index (χ4n) is 0.981. The van der Waals surface area contributed by atoms with Gasteiger partial charge in [0.1, 0.15) is 11.8 Å². The normalized spacial score (nSPS) is 21.9. The summed E-state index contributed by atoms with van der Waals surface area (Å²) in [6, 6.07) is -0.849. The highest BCUT2D eigenvalue weighted by molar-refractivity contribution is 5.87. The quantitative estimate of drug-likeness (QED) is 0.539. The van der Waals surface area contributed by atoms with Crippen LogP contribution < -0.4 is 5.73 Å². The number of carbonyl (C=O) groups excluding carboxylic acids is 1. The van der Waals surface area contributed by atoms with Crippen LogP contribution in [-0.4, -0.2) is 22.9 Å². The molecule has 1 aliphatic carbocycles. The van der Waals surface area contributed by atoms with E-state index in [2.05, 4.69) is 0 Å². The number of nitrogens with two attached hydrogens (primary N) is 1. The largest absolute Gasteiger partial charge is 0.480 e. The second kappa shape index (κ2) is 2.38. The van der Waals surface area contributed by atoms with E-state index in [1.165, 1.54) is 0 Å². The standard InChI is InChI=1S/C6H9NO3/c7-5(6(9)10)3-1-4(8)2-3/h3,5H,1-2,7H2,(H,9,10)/t5-/m1/s1. The molecule has 3 N–H and O–H groups in total. The SMILES string of the molecule is N[C@@H](C(=O)O)C1CC(=O)C1. The summed E-state index contributed by atoms with van der Waals surface area (Å²) in [6.45, 7) is 0. The molecule has 0 unspecified atom stereocenters. The fourth-order valence-corrected chi connectivity index (χ4v) is 0.981. The first-order valence-corrected chi connectivity index (χ1v) is 3.11. The lowest BCUT2D eigenvalue weighted by Gasteiger charge is -2.26. The molecule has 0 aromatic carbocycles. The zero-order chi connectivity index (χ0) is 7.72. The Bertz CT molecular complexity index is 170. The van der Waals surface area contributed by atoms with Gasteiger partial charge in [-0.05, 0) is 5.92 Å². The Kier molecular flexibility index (Phi) is 1.72. The molecular formula is C6H9NO3. The molecule has 1 atom stereocenters. The van der Waals surface area contributed by atoms with Crippen LogP contribution in [0.15, 0.2) is 0 Å². The maximum atomic E-state index is 10.4. The molecule has 0 aliphatic heterocycles. The third-order valence-electron chi connectivity index (χ3n) is 1.77. The third-order valence-corrected chi connectivity index (χ3v) is 1.77. The van der Waals surface area contributed by atoms with Crippen LogP contribution in [0.25, 0.3) is 0 Å². The van der Waals surface area contributed by atoms with Crippen molar-refractivity contribution in [2.75, 3.05) is 0 Å². The van der Waals surface area contributed by atoms with Gasteiger partial charge in [-0.15, -0.1) is 0 Å². The first-order chi connectivity index (χ1) is 4.61. The number of carboxylic acid groups (broad SMARTS) is 1. The molecule has 4 nitrogen and oxygen atoms in total. The van der Waals surface area contributed by atoms with Crippen LogP contribution in [0.4, 0.5) is 0 Å². The van der Waals surface area contributed by atoms with Crippen LogP contribution in [0.1, 0.15) is 12.8 Å². The predicted octanol–water partition coefficient (Wildman–Crippen LogP) is -0.623. The van der Waals surface area contributed by atoms with Crippen LogP contribution in [0.5, 0.6) is 0 Å². The number of carboxylic acids is 1. The molecule has 0 heterocycles. The van der Waals surface area contributed by atoms with Gasteiger partial charge in [0.25, 0.3) is 0 Å². The molecule has 56 valence electrons. The van der Waals surface area contributed by atoms with Crippen LogP contribution in [0.2, 0.25) is 0 Å². The van der Waals surface area contributed by atoms with E-state index in [1.54, 1.807) is 0 Å². The van der Waals surface area contributed by atoms with Crippen molar-refractivity contribution >= 4 is 11.8 Å². The Morgan fingerprint density at radius 2 is 2.20 bits per heavy atom. The monoisotopic (exact) mass is 143 g/mol. The van der Waals surface area contributed by atoms with E-state index in [9.17, 15) is 9.59 Å². The molecule has 0 radical (unpaired) electrons. The lowest BCUT2D eigenvalue weighted by atomic mass is 9.79. The second-order valence-corrected chi connectivity index (χ2v) is 2.57. The van der Waals surface area contributed by atoms with E-state index in [0.29, 0.717) is 12.8 Å². The highest BCUT2D eigenvalue weighted by Gasteiger charge is 2.35. The average molecular weight is 143 g/mol. The fraction of sp³-hybridized carbons (Fsp3) is 0.667. The van der Waals surface area contributed by atoms with E-state index in [1.807, 2.05) is 0 Å². The summed E-state index contributed by atoms with van der Waals surface area (Å²) in [6.07, 6.45) is 0.681. The van der Waals surface area contributed by atoms with Gasteiger partial charge in [0.15, 0.2) is 0 Å². The minimum Gasteiger partial charge on any atom is -0.480 e. The number of hydrogen-bond donors (Lipinski definition) is 2. The highest BCUT2D eigenvalue weighted by Crippen LogP contribution is 2.25. The molecule has 0 aromatic rings. The van der Waals surface area contributed by atoms with Crippen molar-refractivity contribution in [3.63, 3.8) is 0 Å². The molecular weight excluding hydrogens is 134 g/mol. The van der Waals surface area contributed by atoms with Gasteiger partial charge >= 0.3 is 5.97 Å². The molecule has 1 fully saturated rings. The average Bonchev–Trinajstić information content (AvgIpc) is 1.79. The Morgan fingerprint density at radius 3 is 2.50 bits per heavy atom. The van der Waals surface area contributed by atoms with Gasteiger partial charge in [0.05, 0.1) is 0 Å². The number of Topliss-reactive ketones (excluding diaryl/α,β-unsaturated/α-hetero) is 1. The maximum absolute atomic E-state index is 10.4. The summed E-state index contributed by atoms with van der Waals surface area (Å²) < 4.78 is 0. The first-order valence-electron chi connectivity index (χ1n) is 3.11. The first kappa shape index (κ1) is 7.21.